The molecule has 56 heavy (non-hydrogen) atoms. The smallest absolute Gasteiger partial charge is 0.386 e. The van der Waals surface area contributed by atoms with Crippen molar-refractivity contribution in [2.75, 3.05) is 29.0 Å². The van der Waals surface area contributed by atoms with E-state index < -0.39 is 77.6 Å². The summed E-state index contributed by atoms with van der Waals surface area (Å²) in [5.74, 6) is -5.90. The van der Waals surface area contributed by atoms with Gasteiger partial charge in [-0.2, -0.15) is 37.1 Å². The van der Waals surface area contributed by atoms with E-state index in [0.29, 0.717) is 56.1 Å². The first-order chi connectivity index (χ1) is 26.4. The molecule has 4 aromatic heterocycles. The van der Waals surface area contributed by atoms with Crippen molar-refractivity contribution < 1.29 is 40.6 Å². The Morgan fingerprint density at radius 1 is 1.07 bits per heavy atom. The number of alkyl halides is 5. The van der Waals surface area contributed by atoms with Crippen LogP contribution in [0.2, 0.25) is 0 Å². The molecule has 11 nitrogen and oxygen atoms in total. The number of aromatic nitrogens is 6. The topological polar surface area (TPSA) is 126 Å². The second kappa shape index (κ2) is 13.6. The molecule has 5 heterocycles. The molecule has 1 aliphatic carbocycles. The highest BCUT2D eigenvalue weighted by molar-refractivity contribution is 7.99. The molecule has 0 bridgehead atoms. The highest BCUT2D eigenvalue weighted by Gasteiger charge is 2.50. The Balaban J connectivity index is 1.28. The van der Waals surface area contributed by atoms with E-state index >= 15 is 0 Å². The maximum Gasteiger partial charge on any atom is 0.435 e. The number of hydrogen-bond donors (Lipinski definition) is 3. The number of thiazole rings is 1. The minimum atomic E-state index is -5.04. The van der Waals surface area contributed by atoms with Gasteiger partial charge in [-0.05, 0) is 49.6 Å². The third kappa shape index (κ3) is 6.91. The van der Waals surface area contributed by atoms with Gasteiger partial charge >= 0.3 is 6.18 Å². The van der Waals surface area contributed by atoms with E-state index in [9.17, 15) is 40.6 Å². The van der Waals surface area contributed by atoms with Gasteiger partial charge in [0.05, 0.1) is 40.6 Å². The standard InChI is InChI=1S/C36H32F7N9O2S2/c1-34(54)15-51(16-34)33-46-32-25(56-33)13-23(20-5-4-6-21-28(20)50(2)48-31(21)49-55-3)27(45-32)24(11-17-9-18(37)12-19(38)10-17)44-26(53)14-52-30-22(7-8-35(30,39)40)29(47-52)36(41,42)43/h4-6,9-10,12-13,24,54H,7-8,11,14-16H2,1-3H3,(H,44,53)(H,48,49). The third-order valence-electron chi connectivity index (χ3n) is 9.76. The van der Waals surface area contributed by atoms with Crippen LogP contribution in [-0.2, 0) is 43.3 Å². The van der Waals surface area contributed by atoms with Crippen LogP contribution >= 0.6 is 23.3 Å². The summed E-state index contributed by atoms with van der Waals surface area (Å²) in [5.41, 5.74) is -1.81. The molecule has 1 aliphatic heterocycles. The number of hydrogen-bond acceptors (Lipinski definition) is 10. The van der Waals surface area contributed by atoms with Crippen molar-refractivity contribution in [3.63, 3.8) is 0 Å². The zero-order valence-electron chi connectivity index (χ0n) is 29.8. The second-order valence-electron chi connectivity index (χ2n) is 14.2. The van der Waals surface area contributed by atoms with Gasteiger partial charge in [-0.1, -0.05) is 35.4 Å². The molecule has 0 spiro atoms. The Kier molecular flexibility index (Phi) is 9.23. The summed E-state index contributed by atoms with van der Waals surface area (Å²) < 4.78 is 107. The highest BCUT2D eigenvalue weighted by Crippen LogP contribution is 2.47. The van der Waals surface area contributed by atoms with Crippen molar-refractivity contribution >= 4 is 61.4 Å². The number of nitrogens with zero attached hydrogens (tertiary/aromatic N) is 7. The maximum absolute atomic E-state index is 15.0. The van der Waals surface area contributed by atoms with Crippen LogP contribution in [0.25, 0.3) is 32.4 Å². The Morgan fingerprint density at radius 3 is 2.48 bits per heavy atom. The number of benzene rings is 2. The highest BCUT2D eigenvalue weighted by atomic mass is 32.2. The van der Waals surface area contributed by atoms with Gasteiger partial charge in [0.15, 0.2) is 22.3 Å². The fourth-order valence-corrected chi connectivity index (χ4v) is 8.86. The fraction of sp³-hybridized carbons (Fsp3) is 0.361. The zero-order valence-corrected chi connectivity index (χ0v) is 31.4. The van der Waals surface area contributed by atoms with Gasteiger partial charge in [-0.3, -0.25) is 14.2 Å². The normalized spacial score (nSPS) is 16.7. The Labute approximate surface area is 322 Å². The van der Waals surface area contributed by atoms with E-state index in [1.165, 1.54) is 23.3 Å². The zero-order chi connectivity index (χ0) is 39.9. The predicted octanol–water partition coefficient (Wildman–Crippen LogP) is 7.14. The largest absolute Gasteiger partial charge is 0.435 e. The quantitative estimate of drug-likeness (QED) is 0.0978. The number of carbonyl (C=O) groups is 1. The molecule has 3 N–H and O–H groups in total. The number of rotatable bonds is 10. The van der Waals surface area contributed by atoms with Gasteiger partial charge < -0.3 is 20.0 Å². The summed E-state index contributed by atoms with van der Waals surface area (Å²) in [6.45, 7) is 1.33. The lowest BCUT2D eigenvalue weighted by molar-refractivity contribution is -0.142. The number of β-amino-alcohol motifs (C(OH)–C–C–N with tert-alkyl or cyclic N) is 1. The number of pyridine rings is 1. The van der Waals surface area contributed by atoms with Crippen molar-refractivity contribution in [1.29, 1.82) is 0 Å². The van der Waals surface area contributed by atoms with Gasteiger partial charge in [-0.15, -0.1) is 0 Å². The molecule has 1 saturated heterocycles. The Bertz CT molecular complexity index is 2500. The lowest BCUT2D eigenvalue weighted by Gasteiger charge is -2.43. The van der Waals surface area contributed by atoms with Crippen LogP contribution in [-0.4, -0.2) is 65.5 Å². The number of aliphatic hydroxyl groups is 1. The van der Waals surface area contributed by atoms with Gasteiger partial charge in [-0.25, -0.2) is 13.8 Å². The van der Waals surface area contributed by atoms with Crippen molar-refractivity contribution in [3.8, 4) is 11.1 Å². The summed E-state index contributed by atoms with van der Waals surface area (Å²) in [6, 6.07) is 8.84. The van der Waals surface area contributed by atoms with Gasteiger partial charge in [0.25, 0.3) is 5.92 Å². The number of para-hydroxylation sites is 1. The van der Waals surface area contributed by atoms with Crippen molar-refractivity contribution in [2.24, 2.45) is 7.05 Å². The van der Waals surface area contributed by atoms with E-state index in [1.807, 2.05) is 29.4 Å². The molecule has 6 aromatic rings. The lowest BCUT2D eigenvalue weighted by Crippen LogP contribution is -2.60. The number of nitrogens with one attached hydrogen (secondary N) is 2. The summed E-state index contributed by atoms with van der Waals surface area (Å²) in [5, 5.41) is 22.5. The SMILES string of the molecule is CSNc1nn(C)c2c(-c3cc4sc(N5CC(C)(O)C5)nc4nc3C(Cc3cc(F)cc(F)c3)NC(=O)Cn3nc(C(F)(F)F)c4c3C(F)(F)CC4)cccc12. The van der Waals surface area contributed by atoms with Gasteiger partial charge in [0, 0.05) is 47.9 Å². The van der Waals surface area contributed by atoms with Crippen molar-refractivity contribution in [2.45, 2.75) is 56.5 Å². The predicted molar refractivity (Wildman–Crippen MR) is 197 cm³/mol. The number of aryl methyl sites for hydroxylation is 1. The van der Waals surface area contributed by atoms with E-state index in [4.69, 9.17) is 9.97 Å². The number of amides is 1. The average molecular weight is 820 g/mol. The number of halogens is 7. The van der Waals surface area contributed by atoms with E-state index in [1.54, 1.807) is 24.7 Å². The number of anilines is 2. The van der Waals surface area contributed by atoms with Gasteiger partial charge in [0.1, 0.15) is 23.9 Å². The van der Waals surface area contributed by atoms with Crippen LogP contribution in [0.1, 0.15) is 47.6 Å². The first kappa shape index (κ1) is 37.9. The molecule has 1 fully saturated rings. The molecule has 294 valence electrons. The summed E-state index contributed by atoms with van der Waals surface area (Å²) in [6.07, 6.45) is -4.92. The summed E-state index contributed by atoms with van der Waals surface area (Å²) in [7, 11) is 1.74. The Morgan fingerprint density at radius 2 is 1.80 bits per heavy atom. The minimum absolute atomic E-state index is 0.0958. The molecule has 2 aromatic carbocycles. The molecule has 20 heteroatoms. The van der Waals surface area contributed by atoms with Crippen LogP contribution in [0.5, 0.6) is 0 Å². The number of fused-ring (bicyclic) bond motifs is 3. The van der Waals surface area contributed by atoms with Crippen LogP contribution < -0.4 is 14.9 Å². The maximum atomic E-state index is 15.0. The molecule has 2 aliphatic rings. The number of carbonyl (C=O) groups excluding carboxylic acids is 1. The average Bonchev–Trinajstić information content (AvgIpc) is 3.84. The minimum Gasteiger partial charge on any atom is -0.386 e. The molecular weight excluding hydrogens is 788 g/mol. The molecule has 0 radical (unpaired) electrons. The van der Waals surface area contributed by atoms with Crippen LogP contribution in [0.15, 0.2) is 42.5 Å². The van der Waals surface area contributed by atoms with E-state index in [0.717, 1.165) is 17.5 Å². The molecule has 1 amide bonds. The second-order valence-corrected chi connectivity index (χ2v) is 15.8. The fourth-order valence-electron chi connectivity index (χ4n) is 7.56. The lowest BCUT2D eigenvalue weighted by atomic mass is 9.94. The molecule has 1 unspecified atom stereocenters. The summed E-state index contributed by atoms with van der Waals surface area (Å²) >= 11 is 2.65. The molecular formula is C36H32F7N9O2S2. The first-order valence-corrected chi connectivity index (χ1v) is 19.3. The molecule has 0 saturated carbocycles. The third-order valence-corrected chi connectivity index (χ3v) is 11.2. The molecule has 8 rings (SSSR count). The monoisotopic (exact) mass is 819 g/mol. The van der Waals surface area contributed by atoms with Crippen LogP contribution in [0, 0.1) is 11.6 Å². The van der Waals surface area contributed by atoms with E-state index in [-0.39, 0.29) is 23.3 Å². The van der Waals surface area contributed by atoms with Crippen molar-refractivity contribution in [1.82, 2.24) is 34.8 Å². The van der Waals surface area contributed by atoms with Gasteiger partial charge in [0.2, 0.25) is 5.91 Å². The molecule has 1 atom stereocenters. The van der Waals surface area contributed by atoms with E-state index in [2.05, 4.69) is 20.2 Å². The Hall–Kier alpha value is -4.95. The van der Waals surface area contributed by atoms with Crippen LogP contribution in [0.3, 0.4) is 0 Å². The summed E-state index contributed by atoms with van der Waals surface area (Å²) in [4.78, 5) is 25.4. The van der Waals surface area contributed by atoms with Crippen LogP contribution in [0.4, 0.5) is 41.7 Å². The van der Waals surface area contributed by atoms with Crippen molar-refractivity contribution in [3.05, 3.63) is 82.3 Å². The first-order valence-electron chi connectivity index (χ1n) is 17.2.